The number of alkyl halides is 3. The third-order valence-corrected chi connectivity index (χ3v) is 9.43. The average molecular weight is 553 g/mol. The summed E-state index contributed by atoms with van der Waals surface area (Å²) in [5, 5.41) is 0. The Morgan fingerprint density at radius 3 is 2.08 bits per heavy atom. The van der Waals surface area contributed by atoms with Crippen LogP contribution < -0.4 is 9.62 Å². The Hall–Kier alpha value is -3.05. The summed E-state index contributed by atoms with van der Waals surface area (Å²) in [4.78, 5) is 2.27. The zero-order chi connectivity index (χ0) is 26.8. The normalized spacial score (nSPS) is 16.6. The molecule has 0 bridgehead atoms. The Labute approximate surface area is 215 Å². The highest BCUT2D eigenvalue weighted by Crippen LogP contribution is 2.34. The maximum atomic E-state index is 12.8. The molecule has 0 saturated carbocycles. The molecule has 0 aromatic heterocycles. The summed E-state index contributed by atoms with van der Waals surface area (Å²) < 4.78 is 90.1. The Bertz CT molecular complexity index is 1440. The van der Waals surface area contributed by atoms with Gasteiger partial charge in [0.05, 0.1) is 22.0 Å². The first-order valence-corrected chi connectivity index (χ1v) is 15.0. The monoisotopic (exact) mass is 552 g/mol. The topological polar surface area (TPSA) is 83.5 Å². The minimum Gasteiger partial charge on any atom is -0.371 e. The molecule has 0 spiro atoms. The van der Waals surface area contributed by atoms with E-state index < -0.39 is 31.6 Å². The summed E-state index contributed by atoms with van der Waals surface area (Å²) in [5.41, 5.74) is 1.95. The van der Waals surface area contributed by atoms with Crippen molar-refractivity contribution < 1.29 is 30.0 Å². The highest BCUT2D eigenvalue weighted by Gasteiger charge is 2.31. The van der Waals surface area contributed by atoms with Gasteiger partial charge in [-0.1, -0.05) is 31.2 Å². The third kappa shape index (κ3) is 6.64. The molecule has 0 aliphatic carbocycles. The van der Waals surface area contributed by atoms with E-state index in [4.69, 9.17) is 0 Å². The number of sulfonamides is 1. The second kappa shape index (κ2) is 10.4. The number of nitrogens with one attached hydrogen (secondary N) is 1. The average Bonchev–Trinajstić information content (AvgIpc) is 3.34. The van der Waals surface area contributed by atoms with E-state index in [0.29, 0.717) is 17.8 Å². The van der Waals surface area contributed by atoms with Crippen LogP contribution >= 0.6 is 0 Å². The van der Waals surface area contributed by atoms with E-state index >= 15 is 0 Å². The van der Waals surface area contributed by atoms with Crippen molar-refractivity contribution in [1.29, 1.82) is 0 Å². The molecule has 1 atom stereocenters. The first-order chi connectivity index (χ1) is 17.4. The zero-order valence-corrected chi connectivity index (χ0v) is 21.7. The van der Waals surface area contributed by atoms with Gasteiger partial charge >= 0.3 is 6.18 Å². The molecule has 3 aromatic rings. The highest BCUT2D eigenvalue weighted by atomic mass is 32.2. The highest BCUT2D eigenvalue weighted by molar-refractivity contribution is 7.92. The van der Waals surface area contributed by atoms with Crippen molar-refractivity contribution in [2.45, 2.75) is 36.1 Å². The maximum Gasteiger partial charge on any atom is 0.416 e. The molecule has 1 aliphatic rings. The minimum atomic E-state index is -4.36. The van der Waals surface area contributed by atoms with Crippen LogP contribution in [0.25, 0.3) is 0 Å². The van der Waals surface area contributed by atoms with Crippen LogP contribution in [0, 0.1) is 0 Å². The van der Waals surface area contributed by atoms with Crippen molar-refractivity contribution >= 4 is 31.2 Å². The fourth-order valence-corrected chi connectivity index (χ4v) is 6.43. The number of hydrogen-bond donors (Lipinski definition) is 1. The lowest BCUT2D eigenvalue weighted by molar-refractivity contribution is -0.137. The fraction of sp³-hybridized carbons (Fsp3) is 0.308. The maximum absolute atomic E-state index is 12.8. The molecule has 37 heavy (non-hydrogen) atoms. The van der Waals surface area contributed by atoms with E-state index in [-0.39, 0.29) is 22.3 Å². The lowest BCUT2D eigenvalue weighted by atomic mass is 9.97. The second-order valence-electron chi connectivity index (χ2n) is 9.01. The number of hydrogen-bond acceptors (Lipinski definition) is 5. The molecule has 1 fully saturated rings. The molecule has 3 aromatic carbocycles. The molecule has 0 amide bonds. The van der Waals surface area contributed by atoms with Gasteiger partial charge in [0.25, 0.3) is 0 Å². The van der Waals surface area contributed by atoms with Crippen LogP contribution in [0.3, 0.4) is 0 Å². The number of anilines is 2. The third-order valence-electron chi connectivity index (χ3n) is 6.42. The molecular formula is C26H27F3N2O4S2. The molecule has 4 rings (SSSR count). The molecule has 1 saturated heterocycles. The fourth-order valence-electron chi connectivity index (χ4n) is 4.35. The van der Waals surface area contributed by atoms with Crippen LogP contribution in [0.1, 0.15) is 36.0 Å². The van der Waals surface area contributed by atoms with Crippen molar-refractivity contribution in [2.24, 2.45) is 0 Å². The van der Waals surface area contributed by atoms with Gasteiger partial charge in [-0.25, -0.2) is 16.8 Å². The smallest absolute Gasteiger partial charge is 0.371 e. The van der Waals surface area contributed by atoms with Crippen molar-refractivity contribution in [2.75, 3.05) is 28.5 Å². The number of rotatable bonds is 8. The summed E-state index contributed by atoms with van der Waals surface area (Å²) in [6.07, 6.45) is -3.55. The van der Waals surface area contributed by atoms with Gasteiger partial charge in [-0.3, -0.25) is 4.72 Å². The molecule has 0 radical (unpaired) electrons. The summed E-state index contributed by atoms with van der Waals surface area (Å²) in [7, 11) is -7.08. The second-order valence-corrected chi connectivity index (χ2v) is 13.0. The van der Waals surface area contributed by atoms with E-state index in [0.717, 1.165) is 36.3 Å². The molecular weight excluding hydrogens is 525 g/mol. The molecule has 1 heterocycles. The van der Waals surface area contributed by atoms with Crippen molar-refractivity contribution in [1.82, 2.24) is 0 Å². The van der Waals surface area contributed by atoms with E-state index in [2.05, 4.69) is 9.62 Å². The van der Waals surface area contributed by atoms with Crippen LogP contribution in [0.2, 0.25) is 0 Å². The zero-order valence-electron chi connectivity index (χ0n) is 20.1. The summed E-state index contributed by atoms with van der Waals surface area (Å²) in [5.74, 6) is -0.226. The van der Waals surface area contributed by atoms with Gasteiger partial charge in [-0.15, -0.1) is 0 Å². The predicted molar refractivity (Wildman–Crippen MR) is 138 cm³/mol. The summed E-state index contributed by atoms with van der Waals surface area (Å²) in [6, 6.07) is 18.0. The van der Waals surface area contributed by atoms with Crippen LogP contribution in [-0.4, -0.2) is 35.7 Å². The molecule has 198 valence electrons. The number of nitrogens with zero attached hydrogens (tertiary/aromatic N) is 1. The Morgan fingerprint density at radius 2 is 1.51 bits per heavy atom. The van der Waals surface area contributed by atoms with Crippen LogP contribution in [0.5, 0.6) is 0 Å². The lowest BCUT2D eigenvalue weighted by Crippen LogP contribution is -2.19. The molecule has 1 N–H and O–H groups in total. The van der Waals surface area contributed by atoms with E-state index in [1.54, 1.807) is 31.2 Å². The van der Waals surface area contributed by atoms with Crippen LogP contribution in [-0.2, 0) is 31.8 Å². The number of sulfone groups is 1. The molecule has 11 heteroatoms. The Morgan fingerprint density at radius 1 is 0.892 bits per heavy atom. The van der Waals surface area contributed by atoms with Crippen molar-refractivity contribution in [3.05, 3.63) is 89.5 Å². The van der Waals surface area contributed by atoms with Gasteiger partial charge in [-0.05, 0) is 66.1 Å². The van der Waals surface area contributed by atoms with Gasteiger partial charge < -0.3 is 4.90 Å². The van der Waals surface area contributed by atoms with Gasteiger partial charge in [-0.2, -0.15) is 13.2 Å². The standard InChI is InChI=1S/C26H27F3N2O4S2/c1-2-36(32,33)25-13-3-19(4-14-25)18-37(34,35)30-23-9-11-24(12-10-23)31-16-15-21(17-31)20-5-7-22(8-6-20)26(27,28)29/h3-14,21,30H,2,15-18H2,1H3. The van der Waals surface area contributed by atoms with Crippen LogP contribution in [0.4, 0.5) is 24.5 Å². The van der Waals surface area contributed by atoms with Crippen molar-refractivity contribution in [3.8, 4) is 0 Å². The summed E-state index contributed by atoms with van der Waals surface area (Å²) in [6.45, 7) is 2.94. The largest absolute Gasteiger partial charge is 0.416 e. The van der Waals surface area contributed by atoms with Crippen molar-refractivity contribution in [3.63, 3.8) is 0 Å². The lowest BCUT2D eigenvalue weighted by Gasteiger charge is -2.19. The quantitative estimate of drug-likeness (QED) is 0.403. The van der Waals surface area contributed by atoms with Crippen LogP contribution in [0.15, 0.2) is 77.7 Å². The van der Waals surface area contributed by atoms with E-state index in [1.165, 1.54) is 36.4 Å². The first kappa shape index (κ1) is 27.0. The van der Waals surface area contributed by atoms with E-state index in [1.807, 2.05) is 0 Å². The molecule has 6 nitrogen and oxygen atoms in total. The Kier molecular flexibility index (Phi) is 7.57. The van der Waals surface area contributed by atoms with Gasteiger partial charge in [0.1, 0.15) is 0 Å². The number of benzene rings is 3. The summed E-state index contributed by atoms with van der Waals surface area (Å²) >= 11 is 0. The molecule has 1 unspecified atom stereocenters. The van der Waals surface area contributed by atoms with Gasteiger partial charge in [0.15, 0.2) is 9.84 Å². The predicted octanol–water partition coefficient (Wildman–Crippen LogP) is 5.43. The van der Waals surface area contributed by atoms with Gasteiger partial charge in [0.2, 0.25) is 10.0 Å². The minimum absolute atomic E-state index is 0.0324. The molecule has 1 aliphatic heterocycles. The Balaban J connectivity index is 1.36. The van der Waals surface area contributed by atoms with E-state index in [9.17, 15) is 30.0 Å². The first-order valence-electron chi connectivity index (χ1n) is 11.7. The SMILES string of the molecule is CCS(=O)(=O)c1ccc(CS(=O)(=O)Nc2ccc(N3CCC(c4ccc(C(F)(F)F)cc4)C3)cc2)cc1. The van der Waals surface area contributed by atoms with Gasteiger partial charge in [0, 0.05) is 30.4 Å². The number of halogens is 3.